The maximum absolute atomic E-state index is 5.47. The van der Waals surface area contributed by atoms with Crippen molar-refractivity contribution in [3.05, 3.63) is 59.5 Å². The number of anilines is 2. The van der Waals surface area contributed by atoms with Crippen LogP contribution in [-0.2, 0) is 15.9 Å². The zero-order chi connectivity index (χ0) is 26.2. The summed E-state index contributed by atoms with van der Waals surface area (Å²) in [6.45, 7) is 7.07. The van der Waals surface area contributed by atoms with Gasteiger partial charge in [0.1, 0.15) is 0 Å². The quantitative estimate of drug-likeness (QED) is 0.372. The largest absolute Gasteiger partial charge is 0.369 e. The number of aromatic nitrogens is 5. The first-order chi connectivity index (χ1) is 18.6. The van der Waals surface area contributed by atoms with Gasteiger partial charge in [0.2, 0.25) is 5.95 Å². The second kappa shape index (κ2) is 10.3. The van der Waals surface area contributed by atoms with Crippen LogP contribution in [-0.4, -0.2) is 65.3 Å². The minimum absolute atomic E-state index is 0.114. The molecule has 5 heterocycles. The third-order valence-corrected chi connectivity index (χ3v) is 8.22. The second-order valence-electron chi connectivity index (χ2n) is 10.3. The fourth-order valence-corrected chi connectivity index (χ4v) is 6.12. The number of piperidine rings is 1. The van der Waals surface area contributed by atoms with Gasteiger partial charge in [-0.25, -0.2) is 9.97 Å². The van der Waals surface area contributed by atoms with E-state index in [4.69, 9.17) is 19.4 Å². The van der Waals surface area contributed by atoms with Crippen molar-refractivity contribution in [3.8, 4) is 11.3 Å². The predicted octanol–water partition coefficient (Wildman–Crippen LogP) is 4.68. The van der Waals surface area contributed by atoms with Crippen LogP contribution in [0.4, 0.5) is 11.6 Å². The van der Waals surface area contributed by atoms with Crippen molar-refractivity contribution in [2.45, 2.75) is 45.4 Å². The third kappa shape index (κ3) is 4.39. The van der Waals surface area contributed by atoms with E-state index >= 15 is 0 Å². The van der Waals surface area contributed by atoms with E-state index in [-0.39, 0.29) is 12.3 Å². The Balaban J connectivity index is 1.22. The molecule has 4 aromatic rings. The Morgan fingerprint density at radius 2 is 1.74 bits per heavy atom. The van der Waals surface area contributed by atoms with Crippen LogP contribution in [0.2, 0.25) is 0 Å². The zero-order valence-electron chi connectivity index (χ0n) is 22.5. The Bertz CT molecular complexity index is 1410. The van der Waals surface area contributed by atoms with Gasteiger partial charge >= 0.3 is 0 Å². The third-order valence-electron chi connectivity index (χ3n) is 8.22. The minimum Gasteiger partial charge on any atom is -0.369 e. The molecule has 0 bridgehead atoms. The molecule has 9 heteroatoms. The molecule has 0 amide bonds. The zero-order valence-corrected chi connectivity index (χ0v) is 22.5. The molecule has 6 rings (SSSR count). The molecule has 0 aliphatic carbocycles. The number of hydrogen-bond donors (Lipinski definition) is 1. The van der Waals surface area contributed by atoms with E-state index in [1.54, 1.807) is 14.2 Å². The van der Waals surface area contributed by atoms with Gasteiger partial charge in [-0.3, -0.25) is 0 Å². The summed E-state index contributed by atoms with van der Waals surface area (Å²) in [4.78, 5) is 17.8. The number of ether oxygens (including phenoxy) is 2. The first kappa shape index (κ1) is 24.8. The number of aromatic amines is 1. The van der Waals surface area contributed by atoms with Crippen LogP contribution in [0.25, 0.3) is 22.3 Å². The SMILES string of the molecule is COC(OC)C1CCN(c2cnc(N3CCc4[nH]c5nnc(-c6ccccc6C)cc5c4C3C)nc2)CC1. The molecule has 1 atom stereocenters. The molecule has 1 fully saturated rings. The van der Waals surface area contributed by atoms with Gasteiger partial charge in [0.25, 0.3) is 0 Å². The number of nitrogens with zero attached hydrogens (tertiary/aromatic N) is 6. The Morgan fingerprint density at radius 3 is 2.45 bits per heavy atom. The molecule has 198 valence electrons. The smallest absolute Gasteiger partial charge is 0.225 e. The molecule has 0 radical (unpaired) electrons. The Morgan fingerprint density at radius 1 is 1.00 bits per heavy atom. The minimum atomic E-state index is -0.135. The van der Waals surface area contributed by atoms with Gasteiger partial charge in [-0.1, -0.05) is 24.3 Å². The maximum atomic E-state index is 5.47. The summed E-state index contributed by atoms with van der Waals surface area (Å²) in [5, 5.41) is 10.2. The molecule has 0 saturated carbocycles. The Labute approximate surface area is 223 Å². The highest BCUT2D eigenvalue weighted by atomic mass is 16.7. The molecule has 1 saturated heterocycles. The lowest BCUT2D eigenvalue weighted by Crippen LogP contribution is -2.39. The number of methoxy groups -OCH3 is 2. The number of aryl methyl sites for hydroxylation is 1. The molecular formula is C29H35N7O2. The monoisotopic (exact) mass is 513 g/mol. The molecular weight excluding hydrogens is 478 g/mol. The first-order valence-electron chi connectivity index (χ1n) is 13.4. The van der Waals surface area contributed by atoms with E-state index in [2.05, 4.69) is 57.0 Å². The highest BCUT2D eigenvalue weighted by Crippen LogP contribution is 2.38. The molecule has 2 aliphatic heterocycles. The van der Waals surface area contributed by atoms with E-state index in [0.717, 1.165) is 72.8 Å². The van der Waals surface area contributed by atoms with Crippen LogP contribution in [0.15, 0.2) is 42.7 Å². The van der Waals surface area contributed by atoms with E-state index in [9.17, 15) is 0 Å². The highest BCUT2D eigenvalue weighted by molar-refractivity contribution is 5.86. The van der Waals surface area contributed by atoms with Crippen molar-refractivity contribution in [2.75, 3.05) is 43.7 Å². The summed E-state index contributed by atoms with van der Waals surface area (Å²) in [6, 6.07) is 10.6. The molecule has 38 heavy (non-hydrogen) atoms. The van der Waals surface area contributed by atoms with Crippen molar-refractivity contribution in [3.63, 3.8) is 0 Å². The molecule has 0 spiro atoms. The normalized spacial score (nSPS) is 18.4. The summed E-state index contributed by atoms with van der Waals surface area (Å²) in [7, 11) is 3.43. The van der Waals surface area contributed by atoms with Crippen molar-refractivity contribution in [1.82, 2.24) is 25.1 Å². The predicted molar refractivity (Wildman–Crippen MR) is 148 cm³/mol. The topological polar surface area (TPSA) is 92.3 Å². The summed E-state index contributed by atoms with van der Waals surface area (Å²) < 4.78 is 10.9. The average molecular weight is 514 g/mol. The number of benzene rings is 1. The van der Waals surface area contributed by atoms with E-state index in [1.807, 2.05) is 24.5 Å². The van der Waals surface area contributed by atoms with Crippen molar-refractivity contribution in [2.24, 2.45) is 5.92 Å². The molecule has 1 N–H and O–H groups in total. The van der Waals surface area contributed by atoms with E-state index in [0.29, 0.717) is 5.92 Å². The van der Waals surface area contributed by atoms with Crippen LogP contribution in [0.1, 0.15) is 42.6 Å². The first-order valence-corrected chi connectivity index (χ1v) is 13.4. The fraction of sp³-hybridized carbons (Fsp3) is 0.448. The van der Waals surface area contributed by atoms with Crippen LogP contribution < -0.4 is 9.80 Å². The standard InChI is InChI=1S/C29H35N7O2/c1-18-7-5-6-8-22(18)25-15-23-26-19(2)36(14-11-24(26)32-27(23)34-33-25)29-30-16-21(17-31-29)35-12-9-20(10-13-35)28(37-3)38-4/h5-8,15-17,19-20,28H,9-14H2,1-4H3,(H,32,34). The van der Waals surface area contributed by atoms with Crippen LogP contribution in [0, 0.1) is 12.8 Å². The molecule has 2 aliphatic rings. The Hall–Kier alpha value is -3.56. The number of hydrogen-bond acceptors (Lipinski definition) is 8. The van der Waals surface area contributed by atoms with Gasteiger partial charge in [0.15, 0.2) is 11.9 Å². The Kier molecular flexibility index (Phi) is 6.71. The molecule has 9 nitrogen and oxygen atoms in total. The number of rotatable bonds is 6. The number of nitrogens with one attached hydrogen (secondary N) is 1. The lowest BCUT2D eigenvalue weighted by atomic mass is 9.96. The van der Waals surface area contributed by atoms with Crippen LogP contribution >= 0.6 is 0 Å². The lowest BCUT2D eigenvalue weighted by Gasteiger charge is -2.36. The highest BCUT2D eigenvalue weighted by Gasteiger charge is 2.31. The van der Waals surface area contributed by atoms with Crippen molar-refractivity contribution in [1.29, 1.82) is 0 Å². The van der Waals surface area contributed by atoms with Gasteiger partial charge in [-0.15, -0.1) is 10.2 Å². The number of fused-ring (bicyclic) bond motifs is 3. The van der Waals surface area contributed by atoms with Gasteiger partial charge in [-0.05, 0) is 38.3 Å². The summed E-state index contributed by atoms with van der Waals surface area (Å²) in [5.74, 6) is 1.17. The fourth-order valence-electron chi connectivity index (χ4n) is 6.12. The van der Waals surface area contributed by atoms with Gasteiger partial charge in [-0.2, -0.15) is 0 Å². The second-order valence-corrected chi connectivity index (χ2v) is 10.3. The summed E-state index contributed by atoms with van der Waals surface area (Å²) in [5.41, 5.74) is 7.59. The van der Waals surface area contributed by atoms with Crippen LogP contribution in [0.3, 0.4) is 0 Å². The van der Waals surface area contributed by atoms with Gasteiger partial charge < -0.3 is 24.3 Å². The van der Waals surface area contributed by atoms with E-state index < -0.39 is 0 Å². The molecule has 3 aromatic heterocycles. The van der Waals surface area contributed by atoms with Crippen LogP contribution in [0.5, 0.6) is 0 Å². The van der Waals surface area contributed by atoms with Gasteiger partial charge in [0, 0.05) is 68.4 Å². The van der Waals surface area contributed by atoms with Gasteiger partial charge in [0.05, 0.1) is 29.8 Å². The number of H-pyrrole nitrogens is 1. The molecule has 1 unspecified atom stereocenters. The summed E-state index contributed by atoms with van der Waals surface area (Å²) in [6.07, 6.45) is 6.72. The molecule has 1 aromatic carbocycles. The summed E-state index contributed by atoms with van der Waals surface area (Å²) >= 11 is 0. The van der Waals surface area contributed by atoms with Crippen molar-refractivity contribution < 1.29 is 9.47 Å². The van der Waals surface area contributed by atoms with E-state index in [1.165, 1.54) is 16.8 Å². The lowest BCUT2D eigenvalue weighted by molar-refractivity contribution is -0.141. The average Bonchev–Trinajstić information content (AvgIpc) is 3.33. The van der Waals surface area contributed by atoms with Crippen molar-refractivity contribution >= 4 is 22.7 Å². The maximum Gasteiger partial charge on any atom is 0.225 e.